The van der Waals surface area contributed by atoms with Gasteiger partial charge in [-0.1, -0.05) is 30.3 Å². The molecule has 0 aliphatic carbocycles. The highest BCUT2D eigenvalue weighted by atomic mass is 16.7. The highest BCUT2D eigenvalue weighted by molar-refractivity contribution is 6.62. The molecule has 22 heavy (non-hydrogen) atoms. The standard InChI is InChI=1S/C17H23BN2O2/c1-13-15(18-21-16(2,3)17(4,5)22-18)11-19-20(13)12-14-9-7-6-8-10-14/h6-11H,12H2,1-5H3. The second-order valence-electron chi connectivity index (χ2n) is 6.92. The van der Waals surface area contributed by atoms with Gasteiger partial charge in [0.1, 0.15) is 0 Å². The molecule has 0 atom stereocenters. The molecule has 116 valence electrons. The Morgan fingerprint density at radius 3 is 2.23 bits per heavy atom. The fraction of sp³-hybridized carbons (Fsp3) is 0.471. The maximum absolute atomic E-state index is 6.12. The first kappa shape index (κ1) is 15.3. The molecule has 2 aromatic rings. The summed E-state index contributed by atoms with van der Waals surface area (Å²) in [5, 5.41) is 4.51. The van der Waals surface area contributed by atoms with Gasteiger partial charge < -0.3 is 9.31 Å². The molecule has 5 heteroatoms. The highest BCUT2D eigenvalue weighted by Crippen LogP contribution is 2.36. The molecule has 0 radical (unpaired) electrons. The van der Waals surface area contributed by atoms with Gasteiger partial charge in [-0.3, -0.25) is 4.68 Å². The van der Waals surface area contributed by atoms with Gasteiger partial charge in [0.25, 0.3) is 0 Å². The summed E-state index contributed by atoms with van der Waals surface area (Å²) < 4.78 is 14.2. The van der Waals surface area contributed by atoms with E-state index in [0.29, 0.717) is 0 Å². The van der Waals surface area contributed by atoms with Gasteiger partial charge in [0, 0.05) is 17.4 Å². The second kappa shape index (κ2) is 5.25. The minimum absolute atomic E-state index is 0.328. The Morgan fingerprint density at radius 1 is 1.05 bits per heavy atom. The van der Waals surface area contributed by atoms with Crippen LogP contribution in [0.1, 0.15) is 39.0 Å². The summed E-state index contributed by atoms with van der Waals surface area (Å²) >= 11 is 0. The molecule has 3 rings (SSSR count). The first-order valence-electron chi connectivity index (χ1n) is 7.72. The van der Waals surface area contributed by atoms with Gasteiger partial charge in [-0.25, -0.2) is 0 Å². The average Bonchev–Trinajstić information content (AvgIpc) is 2.89. The van der Waals surface area contributed by atoms with Crippen molar-refractivity contribution in [2.75, 3.05) is 0 Å². The third-order valence-corrected chi connectivity index (χ3v) is 4.82. The monoisotopic (exact) mass is 298 g/mol. The molecule has 1 fully saturated rings. The summed E-state index contributed by atoms with van der Waals surface area (Å²) in [6.45, 7) is 11.1. The molecule has 0 saturated carbocycles. The third-order valence-electron chi connectivity index (χ3n) is 4.82. The molecule has 4 nitrogen and oxygen atoms in total. The minimum Gasteiger partial charge on any atom is -0.399 e. The lowest BCUT2D eigenvalue weighted by Crippen LogP contribution is -2.41. The maximum atomic E-state index is 6.12. The molecule has 0 bridgehead atoms. The van der Waals surface area contributed by atoms with Crippen LogP contribution < -0.4 is 5.46 Å². The van der Waals surface area contributed by atoms with Gasteiger partial charge in [-0.15, -0.1) is 0 Å². The van der Waals surface area contributed by atoms with E-state index in [-0.39, 0.29) is 18.3 Å². The van der Waals surface area contributed by atoms with E-state index < -0.39 is 0 Å². The van der Waals surface area contributed by atoms with Gasteiger partial charge in [0.2, 0.25) is 0 Å². The second-order valence-corrected chi connectivity index (χ2v) is 6.92. The van der Waals surface area contributed by atoms with Gasteiger partial charge in [0.15, 0.2) is 0 Å². The SMILES string of the molecule is Cc1c(B2OC(C)(C)C(C)(C)O2)cnn1Cc1ccccc1. The molecule has 0 N–H and O–H groups in total. The Labute approximate surface area is 132 Å². The molecule has 1 aliphatic heterocycles. The molecule has 1 saturated heterocycles. The van der Waals surface area contributed by atoms with Crippen LogP contribution in [0.4, 0.5) is 0 Å². The molecule has 2 heterocycles. The molecule has 1 aliphatic rings. The lowest BCUT2D eigenvalue weighted by atomic mass is 9.79. The van der Waals surface area contributed by atoms with Crippen molar-refractivity contribution in [2.24, 2.45) is 0 Å². The molecule has 0 spiro atoms. The van der Waals surface area contributed by atoms with E-state index in [1.54, 1.807) is 0 Å². The van der Waals surface area contributed by atoms with Crippen molar-refractivity contribution in [1.82, 2.24) is 9.78 Å². The summed E-state index contributed by atoms with van der Waals surface area (Å²) in [6, 6.07) is 10.3. The molecule has 1 aromatic heterocycles. The minimum atomic E-state index is -0.352. The molecule has 1 aromatic carbocycles. The van der Waals surface area contributed by atoms with Crippen molar-refractivity contribution >= 4 is 12.6 Å². The van der Waals surface area contributed by atoms with E-state index in [9.17, 15) is 0 Å². The maximum Gasteiger partial charge on any atom is 0.498 e. The largest absolute Gasteiger partial charge is 0.498 e. The summed E-state index contributed by atoms with van der Waals surface area (Å²) in [4.78, 5) is 0. The smallest absolute Gasteiger partial charge is 0.399 e. The first-order chi connectivity index (χ1) is 10.3. The Hall–Kier alpha value is -1.59. The van der Waals surface area contributed by atoms with Crippen LogP contribution in [0.25, 0.3) is 0 Å². The number of hydrogen-bond donors (Lipinski definition) is 0. The van der Waals surface area contributed by atoms with Crippen LogP contribution in [0.5, 0.6) is 0 Å². The zero-order valence-corrected chi connectivity index (χ0v) is 14.0. The zero-order valence-electron chi connectivity index (χ0n) is 14.0. The number of aromatic nitrogens is 2. The van der Waals surface area contributed by atoms with E-state index in [4.69, 9.17) is 9.31 Å². The topological polar surface area (TPSA) is 36.3 Å². The van der Waals surface area contributed by atoms with E-state index in [1.165, 1.54) is 5.56 Å². The van der Waals surface area contributed by atoms with Crippen LogP contribution in [0, 0.1) is 6.92 Å². The first-order valence-corrected chi connectivity index (χ1v) is 7.72. The summed E-state index contributed by atoms with van der Waals surface area (Å²) in [6.07, 6.45) is 1.86. The fourth-order valence-corrected chi connectivity index (χ4v) is 2.58. The lowest BCUT2D eigenvalue weighted by molar-refractivity contribution is 0.00578. The Kier molecular flexibility index (Phi) is 3.65. The summed E-state index contributed by atoms with van der Waals surface area (Å²) in [5.74, 6) is 0. The Balaban J connectivity index is 1.83. The van der Waals surface area contributed by atoms with Crippen molar-refractivity contribution in [3.05, 3.63) is 47.8 Å². The van der Waals surface area contributed by atoms with Crippen LogP contribution >= 0.6 is 0 Å². The van der Waals surface area contributed by atoms with Gasteiger partial charge in [0.05, 0.1) is 17.7 Å². The average molecular weight is 298 g/mol. The molecule has 0 unspecified atom stereocenters. The number of benzene rings is 1. The number of rotatable bonds is 3. The van der Waals surface area contributed by atoms with Crippen LogP contribution in [0.2, 0.25) is 0 Å². The van der Waals surface area contributed by atoms with Crippen LogP contribution in [-0.2, 0) is 15.9 Å². The highest BCUT2D eigenvalue weighted by Gasteiger charge is 2.52. The van der Waals surface area contributed by atoms with E-state index in [1.807, 2.05) is 29.1 Å². The molecular formula is C17H23BN2O2. The van der Waals surface area contributed by atoms with Crippen LogP contribution in [0.15, 0.2) is 36.5 Å². The zero-order chi connectivity index (χ0) is 16.0. The van der Waals surface area contributed by atoms with Crippen molar-refractivity contribution in [3.63, 3.8) is 0 Å². The lowest BCUT2D eigenvalue weighted by Gasteiger charge is -2.32. The van der Waals surface area contributed by atoms with Crippen LogP contribution in [-0.4, -0.2) is 28.1 Å². The fourth-order valence-electron chi connectivity index (χ4n) is 2.58. The van der Waals surface area contributed by atoms with Crippen molar-refractivity contribution in [3.8, 4) is 0 Å². The quantitative estimate of drug-likeness (QED) is 0.817. The van der Waals surface area contributed by atoms with E-state index >= 15 is 0 Å². The van der Waals surface area contributed by atoms with Gasteiger partial charge in [-0.05, 0) is 40.2 Å². The van der Waals surface area contributed by atoms with Gasteiger partial charge in [-0.2, -0.15) is 5.10 Å². The summed E-state index contributed by atoms with van der Waals surface area (Å²) in [5.41, 5.74) is 2.67. The van der Waals surface area contributed by atoms with E-state index in [0.717, 1.165) is 17.7 Å². The predicted molar refractivity (Wildman–Crippen MR) is 88.2 cm³/mol. The summed E-state index contributed by atoms with van der Waals surface area (Å²) in [7, 11) is -0.352. The third kappa shape index (κ3) is 2.59. The Morgan fingerprint density at radius 2 is 1.64 bits per heavy atom. The van der Waals surface area contributed by atoms with Crippen molar-refractivity contribution < 1.29 is 9.31 Å². The van der Waals surface area contributed by atoms with Crippen molar-refractivity contribution in [1.29, 1.82) is 0 Å². The molecular weight excluding hydrogens is 275 g/mol. The van der Waals surface area contributed by atoms with Gasteiger partial charge >= 0.3 is 7.12 Å². The van der Waals surface area contributed by atoms with Crippen molar-refractivity contribution in [2.45, 2.75) is 52.4 Å². The predicted octanol–water partition coefficient (Wildman–Crippen LogP) is 2.54. The Bertz CT molecular complexity index is 649. The van der Waals surface area contributed by atoms with Crippen LogP contribution in [0.3, 0.4) is 0 Å². The number of hydrogen-bond acceptors (Lipinski definition) is 3. The van der Waals surface area contributed by atoms with E-state index in [2.05, 4.69) is 51.9 Å². The molecule has 0 amide bonds. The number of nitrogens with zero attached hydrogens (tertiary/aromatic N) is 2. The normalized spacial score (nSPS) is 19.6.